The molecule has 1 aromatic rings. The largest absolute Gasteiger partial charge is 0.428 e. The minimum atomic E-state index is -1.30. The van der Waals surface area contributed by atoms with Gasteiger partial charge in [-0.05, 0) is 49.9 Å². The number of rotatable bonds is 9. The summed E-state index contributed by atoms with van der Waals surface area (Å²) in [5, 5.41) is 12.3. The number of anilines is 1. The summed E-state index contributed by atoms with van der Waals surface area (Å²) < 4.78 is 9.39. The van der Waals surface area contributed by atoms with E-state index in [2.05, 4.69) is 20.0 Å². The molecule has 172 valence electrons. The highest BCUT2D eigenvalue weighted by Gasteiger charge is 2.35. The summed E-state index contributed by atoms with van der Waals surface area (Å²) in [4.78, 5) is 45.2. The van der Waals surface area contributed by atoms with Gasteiger partial charge in [0.05, 0.1) is 11.4 Å². The van der Waals surface area contributed by atoms with Gasteiger partial charge in [0.2, 0.25) is 13.1 Å². The van der Waals surface area contributed by atoms with Crippen molar-refractivity contribution in [2.75, 3.05) is 18.2 Å². The number of aliphatic imine (C=N–C) groups is 2. The Morgan fingerprint density at radius 2 is 1.84 bits per heavy atom. The van der Waals surface area contributed by atoms with Gasteiger partial charge in [0.15, 0.2) is 11.5 Å². The second-order valence-corrected chi connectivity index (χ2v) is 7.77. The number of unbranched alkanes of at least 4 members (excludes halogenated alkanes) is 3. The van der Waals surface area contributed by atoms with E-state index in [4.69, 9.17) is 4.74 Å². The van der Waals surface area contributed by atoms with Gasteiger partial charge in [0.1, 0.15) is 0 Å². The number of aliphatic hydroxyl groups is 1. The van der Waals surface area contributed by atoms with Gasteiger partial charge in [0.25, 0.3) is 5.91 Å². The topological polar surface area (TPSA) is 130 Å². The minimum Gasteiger partial charge on any atom is -0.428 e. The number of carbonyl (C=O) groups is 3. The summed E-state index contributed by atoms with van der Waals surface area (Å²) in [6.07, 6.45) is 2.06. The van der Waals surface area contributed by atoms with Crippen LogP contribution in [0.3, 0.4) is 0 Å². The third kappa shape index (κ3) is 5.70. The van der Waals surface area contributed by atoms with E-state index in [1.165, 1.54) is 6.92 Å². The summed E-state index contributed by atoms with van der Waals surface area (Å²) in [6, 6.07) is 3.96. The van der Waals surface area contributed by atoms with Gasteiger partial charge in [-0.3, -0.25) is 14.4 Å². The number of esters is 2. The van der Waals surface area contributed by atoms with Crippen molar-refractivity contribution >= 4 is 40.8 Å². The molecular formula is C22H28N4O6. The molecule has 0 aliphatic carbocycles. The molecule has 10 heteroatoms. The number of amides is 1. The van der Waals surface area contributed by atoms with Gasteiger partial charge in [-0.15, -0.1) is 0 Å². The number of amidine groups is 1. The van der Waals surface area contributed by atoms with E-state index >= 15 is 0 Å². The average molecular weight is 444 g/mol. The third-order valence-corrected chi connectivity index (χ3v) is 5.30. The maximum Gasteiger partial charge on any atom is 0.308 e. The van der Waals surface area contributed by atoms with Gasteiger partial charge in [0, 0.05) is 19.9 Å². The number of aliphatic hydroxyl groups excluding tert-OH is 1. The summed E-state index contributed by atoms with van der Waals surface area (Å²) >= 11 is 0. The van der Waals surface area contributed by atoms with Crippen LogP contribution < -0.4 is 10.2 Å². The third-order valence-electron chi connectivity index (χ3n) is 5.30. The second kappa shape index (κ2) is 10.4. The van der Waals surface area contributed by atoms with Crippen LogP contribution in [0.15, 0.2) is 22.1 Å². The lowest BCUT2D eigenvalue weighted by Crippen LogP contribution is -2.53. The van der Waals surface area contributed by atoms with Crippen LogP contribution in [-0.4, -0.2) is 54.2 Å². The molecule has 1 amide bonds. The van der Waals surface area contributed by atoms with E-state index in [9.17, 15) is 19.5 Å². The zero-order chi connectivity index (χ0) is 23.3. The summed E-state index contributed by atoms with van der Waals surface area (Å²) in [6.45, 7) is 5.48. The van der Waals surface area contributed by atoms with Crippen molar-refractivity contribution < 1.29 is 29.0 Å². The highest BCUT2D eigenvalue weighted by Crippen LogP contribution is 2.36. The normalized spacial score (nSPS) is 16.9. The molecule has 0 fully saturated rings. The fourth-order valence-electron chi connectivity index (χ4n) is 3.49. The van der Waals surface area contributed by atoms with Crippen LogP contribution in [0.1, 0.15) is 50.2 Å². The fraction of sp³-hybridized carbons (Fsp3) is 0.500. The van der Waals surface area contributed by atoms with Gasteiger partial charge in [-0.25, -0.2) is 9.98 Å². The van der Waals surface area contributed by atoms with E-state index in [0.29, 0.717) is 24.5 Å². The standard InChI is InChI=1S/C22H28N4O6/c1-13-10-16-17(11-14(13)2)26(20-19(23-16)21(29)25-22(30)24-20)9-7-5-4-6-8-18(28)32-12-31-15(3)27/h10-11,22,30H,4-9,12H2,1-3H3,(H,25,29). The SMILES string of the molecule is CC(=O)OCOC(=O)CCCCCCN1C2=NC(O)NC(=O)C2=Nc2cc(C)c(C)cc21. The predicted octanol–water partition coefficient (Wildman–Crippen LogP) is 2.01. The van der Waals surface area contributed by atoms with Crippen LogP contribution in [-0.2, 0) is 23.9 Å². The second-order valence-electron chi connectivity index (χ2n) is 7.77. The number of nitrogens with one attached hydrogen (secondary N) is 1. The number of fused-ring (bicyclic) bond motifs is 2. The Balaban J connectivity index is 1.58. The van der Waals surface area contributed by atoms with Gasteiger partial charge in [-0.2, -0.15) is 0 Å². The van der Waals surface area contributed by atoms with Crippen molar-refractivity contribution in [1.29, 1.82) is 0 Å². The Hall–Kier alpha value is -3.27. The van der Waals surface area contributed by atoms with Crippen LogP contribution in [0, 0.1) is 13.8 Å². The molecule has 2 aliphatic heterocycles. The Bertz CT molecular complexity index is 971. The van der Waals surface area contributed by atoms with E-state index < -0.39 is 24.2 Å². The molecule has 2 aliphatic rings. The first-order valence-electron chi connectivity index (χ1n) is 10.6. The van der Waals surface area contributed by atoms with Crippen molar-refractivity contribution in [2.24, 2.45) is 9.98 Å². The molecule has 10 nitrogen and oxygen atoms in total. The molecular weight excluding hydrogens is 416 g/mol. The molecule has 3 rings (SSSR count). The molecule has 1 atom stereocenters. The summed E-state index contributed by atoms with van der Waals surface area (Å²) in [7, 11) is 0. The molecule has 0 radical (unpaired) electrons. The van der Waals surface area contributed by atoms with Crippen LogP contribution in [0.5, 0.6) is 0 Å². The average Bonchev–Trinajstić information content (AvgIpc) is 2.71. The van der Waals surface area contributed by atoms with Crippen molar-refractivity contribution in [3.8, 4) is 0 Å². The zero-order valence-corrected chi connectivity index (χ0v) is 18.5. The highest BCUT2D eigenvalue weighted by molar-refractivity contribution is 6.70. The Morgan fingerprint density at radius 3 is 2.59 bits per heavy atom. The van der Waals surface area contributed by atoms with Gasteiger partial charge in [-0.1, -0.05) is 12.8 Å². The van der Waals surface area contributed by atoms with Gasteiger partial charge < -0.3 is 24.8 Å². The molecule has 2 heterocycles. The molecule has 0 saturated heterocycles. The number of ether oxygens (including phenoxy) is 2. The van der Waals surface area contributed by atoms with Crippen LogP contribution in [0.4, 0.5) is 11.4 Å². The Labute approximate surface area is 186 Å². The number of hydrogen-bond acceptors (Lipinski definition) is 9. The summed E-state index contributed by atoms with van der Waals surface area (Å²) in [5.41, 5.74) is 3.92. The van der Waals surface area contributed by atoms with E-state index in [1.54, 1.807) is 0 Å². The van der Waals surface area contributed by atoms with Crippen LogP contribution in [0.25, 0.3) is 0 Å². The van der Waals surface area contributed by atoms with Crippen molar-refractivity contribution in [1.82, 2.24) is 5.32 Å². The zero-order valence-electron chi connectivity index (χ0n) is 18.5. The smallest absolute Gasteiger partial charge is 0.308 e. The van der Waals surface area contributed by atoms with Crippen molar-refractivity contribution in [3.05, 3.63) is 23.3 Å². The maximum atomic E-state index is 12.4. The molecule has 0 aromatic heterocycles. The molecule has 0 saturated carbocycles. The number of benzene rings is 1. The molecule has 1 aromatic carbocycles. The number of hydrogen-bond donors (Lipinski definition) is 2. The quantitative estimate of drug-likeness (QED) is 0.338. The first-order chi connectivity index (χ1) is 15.3. The molecule has 0 spiro atoms. The van der Waals surface area contributed by atoms with Crippen molar-refractivity contribution in [2.45, 2.75) is 59.2 Å². The lowest BCUT2D eigenvalue weighted by Gasteiger charge is -2.34. The molecule has 32 heavy (non-hydrogen) atoms. The first kappa shape index (κ1) is 23.4. The molecule has 0 bridgehead atoms. The van der Waals surface area contributed by atoms with Crippen LogP contribution in [0.2, 0.25) is 0 Å². The number of aryl methyl sites for hydroxylation is 2. The molecule has 1 unspecified atom stereocenters. The lowest BCUT2D eigenvalue weighted by atomic mass is 10.0. The summed E-state index contributed by atoms with van der Waals surface area (Å²) in [5.74, 6) is -0.989. The van der Waals surface area contributed by atoms with E-state index in [1.807, 2.05) is 30.9 Å². The van der Waals surface area contributed by atoms with Crippen molar-refractivity contribution in [3.63, 3.8) is 0 Å². The lowest BCUT2D eigenvalue weighted by molar-refractivity contribution is -0.165. The first-order valence-corrected chi connectivity index (χ1v) is 10.6. The van der Waals surface area contributed by atoms with Gasteiger partial charge >= 0.3 is 11.9 Å². The van der Waals surface area contributed by atoms with E-state index in [0.717, 1.165) is 36.1 Å². The molecule has 2 N–H and O–H groups in total. The van der Waals surface area contributed by atoms with E-state index in [-0.39, 0.29) is 18.9 Å². The van der Waals surface area contributed by atoms with Crippen LogP contribution >= 0.6 is 0 Å². The highest BCUT2D eigenvalue weighted by atomic mass is 16.7. The number of carbonyl (C=O) groups excluding carboxylic acids is 3. The monoisotopic (exact) mass is 444 g/mol. The Morgan fingerprint density at radius 1 is 1.12 bits per heavy atom. The minimum absolute atomic E-state index is 0.196. The number of nitrogens with zero attached hydrogens (tertiary/aromatic N) is 3. The predicted molar refractivity (Wildman–Crippen MR) is 118 cm³/mol. The fourth-order valence-corrected chi connectivity index (χ4v) is 3.49. The Kier molecular flexibility index (Phi) is 7.57. The maximum absolute atomic E-state index is 12.4.